The molecule has 9 heteroatoms. The second kappa shape index (κ2) is 6.61. The number of nitrogens with two attached hydrogens (primary N) is 1. The molecule has 1 saturated carbocycles. The van der Waals surface area contributed by atoms with Gasteiger partial charge in [0.25, 0.3) is 5.91 Å². The van der Waals surface area contributed by atoms with Gasteiger partial charge in [-0.1, -0.05) is 20.8 Å². The molecule has 2 unspecified atom stereocenters. The van der Waals surface area contributed by atoms with E-state index in [0.717, 1.165) is 12.8 Å². The summed E-state index contributed by atoms with van der Waals surface area (Å²) >= 11 is 0. The third kappa shape index (κ3) is 3.34. The molecule has 0 aromatic heterocycles. The molecule has 4 rings (SSSR count). The van der Waals surface area contributed by atoms with Gasteiger partial charge in [-0.25, -0.2) is 0 Å². The van der Waals surface area contributed by atoms with E-state index in [9.17, 15) is 14.5 Å². The van der Waals surface area contributed by atoms with Gasteiger partial charge in [0.2, 0.25) is 0 Å². The second-order valence-corrected chi connectivity index (χ2v) is 11.1. The van der Waals surface area contributed by atoms with E-state index in [2.05, 4.69) is 10.1 Å². The number of hydrogen-bond acceptors (Lipinski definition) is 6. The molecule has 8 nitrogen and oxygen atoms in total. The molecule has 29 heavy (non-hydrogen) atoms. The topological polar surface area (TPSA) is 117 Å². The number of hydrogen-bond donors (Lipinski definition) is 3. The number of carbonyl (C=O) groups is 1. The molecule has 2 heterocycles. The standard InChI is InChI=1S/C20H27N4O4P/c1-20(2,3)17-16(25)15(19(26)24(17)10-11-5-6-11)18-22-13-8-7-12(21)9-14(13)29(27,23-18)28-4/h7-9,11,17,25H,5-6,10,21H2,1-4H3,(H,22,23,27). The number of nitrogens with one attached hydrogen (secondary N) is 1. The summed E-state index contributed by atoms with van der Waals surface area (Å²) in [6.07, 6.45) is 2.17. The summed E-state index contributed by atoms with van der Waals surface area (Å²) in [7, 11) is -2.33. The van der Waals surface area contributed by atoms with Crippen molar-refractivity contribution in [3.05, 3.63) is 29.5 Å². The van der Waals surface area contributed by atoms with E-state index in [1.54, 1.807) is 23.1 Å². The fraction of sp³-hybridized carbons (Fsp3) is 0.500. The van der Waals surface area contributed by atoms with Crippen molar-refractivity contribution in [2.75, 3.05) is 24.7 Å². The first-order chi connectivity index (χ1) is 13.5. The zero-order chi connectivity index (χ0) is 21.1. The molecule has 156 valence electrons. The first kappa shape index (κ1) is 20.0. The monoisotopic (exact) mass is 418 g/mol. The van der Waals surface area contributed by atoms with E-state index < -0.39 is 13.6 Å². The molecule has 0 spiro atoms. The molecule has 1 amide bonds. The van der Waals surface area contributed by atoms with Gasteiger partial charge >= 0.3 is 7.52 Å². The maximum atomic E-state index is 13.4. The van der Waals surface area contributed by atoms with Crippen molar-refractivity contribution in [3.8, 4) is 0 Å². The molecule has 4 N–H and O–H groups in total. The third-order valence-electron chi connectivity index (χ3n) is 5.57. The number of aliphatic hydroxyl groups excluding tert-OH is 1. The lowest BCUT2D eigenvalue weighted by molar-refractivity contribution is -0.128. The zero-order valence-corrected chi connectivity index (χ0v) is 18.0. The van der Waals surface area contributed by atoms with E-state index >= 15 is 0 Å². The smallest absolute Gasteiger partial charge is 0.348 e. The van der Waals surface area contributed by atoms with E-state index in [1.165, 1.54) is 7.11 Å². The number of fused-ring (bicyclic) bond motifs is 1. The molecule has 0 radical (unpaired) electrons. The van der Waals surface area contributed by atoms with E-state index in [4.69, 9.17) is 10.3 Å². The minimum atomic E-state index is -3.64. The molecule has 3 aliphatic rings. The molecular formula is C20H27N4O4P. The fourth-order valence-electron chi connectivity index (χ4n) is 4.00. The average Bonchev–Trinajstić information content (AvgIpc) is 3.40. The summed E-state index contributed by atoms with van der Waals surface area (Å²) in [4.78, 5) is 15.1. The third-order valence-corrected chi connectivity index (χ3v) is 7.51. The minimum absolute atomic E-state index is 0.0454. The lowest BCUT2D eigenvalue weighted by Crippen LogP contribution is -2.45. The van der Waals surface area contributed by atoms with Gasteiger partial charge in [-0.05, 0) is 42.4 Å². The van der Waals surface area contributed by atoms with Crippen molar-refractivity contribution in [2.24, 2.45) is 16.1 Å². The van der Waals surface area contributed by atoms with Gasteiger partial charge in [-0.3, -0.25) is 9.36 Å². The van der Waals surface area contributed by atoms with Crippen LogP contribution in [0.4, 0.5) is 11.4 Å². The van der Waals surface area contributed by atoms with Crippen LogP contribution in [0.25, 0.3) is 0 Å². The van der Waals surface area contributed by atoms with Crippen LogP contribution in [-0.2, 0) is 13.9 Å². The van der Waals surface area contributed by atoms with Gasteiger partial charge in [-0.15, -0.1) is 0 Å². The van der Waals surface area contributed by atoms with Gasteiger partial charge in [0.1, 0.15) is 11.3 Å². The van der Waals surface area contributed by atoms with Crippen LogP contribution in [0, 0.1) is 11.3 Å². The van der Waals surface area contributed by atoms with Crippen molar-refractivity contribution in [3.63, 3.8) is 0 Å². The maximum Gasteiger partial charge on any atom is 0.348 e. The number of amidine groups is 1. The highest BCUT2D eigenvalue weighted by Crippen LogP contribution is 2.52. The Morgan fingerprint density at radius 1 is 1.38 bits per heavy atom. The van der Waals surface area contributed by atoms with Crippen LogP contribution in [0.3, 0.4) is 0 Å². The Morgan fingerprint density at radius 3 is 2.66 bits per heavy atom. The van der Waals surface area contributed by atoms with Gasteiger partial charge in [0, 0.05) is 19.3 Å². The number of benzene rings is 1. The number of rotatable bonds is 4. The first-order valence-electron chi connectivity index (χ1n) is 9.73. The number of aliphatic hydroxyl groups is 1. The highest BCUT2D eigenvalue weighted by atomic mass is 31.2. The fourth-order valence-corrected chi connectivity index (χ4v) is 5.55. The number of anilines is 2. The van der Waals surface area contributed by atoms with Gasteiger partial charge in [0.05, 0.1) is 17.0 Å². The van der Waals surface area contributed by atoms with Crippen molar-refractivity contribution < 1.29 is 19.0 Å². The van der Waals surface area contributed by atoms with Crippen LogP contribution in [0.15, 0.2) is 34.3 Å². The van der Waals surface area contributed by atoms with Crippen LogP contribution in [0.1, 0.15) is 33.6 Å². The van der Waals surface area contributed by atoms with Crippen LogP contribution < -0.4 is 16.4 Å². The van der Waals surface area contributed by atoms with E-state index in [1.807, 2.05) is 20.8 Å². The molecule has 1 fully saturated rings. The van der Waals surface area contributed by atoms with Crippen molar-refractivity contribution in [1.29, 1.82) is 0 Å². The Hall–Kier alpha value is -2.31. The van der Waals surface area contributed by atoms with Crippen LogP contribution in [-0.4, -0.2) is 41.4 Å². The Kier molecular flexibility index (Phi) is 4.55. The number of carbonyl (C=O) groups excluding carboxylic acids is 1. The van der Waals surface area contributed by atoms with Gasteiger partial charge < -0.3 is 25.6 Å². The first-order valence-corrected chi connectivity index (χ1v) is 11.3. The lowest BCUT2D eigenvalue weighted by Gasteiger charge is -2.35. The average molecular weight is 418 g/mol. The second-order valence-electron chi connectivity index (χ2n) is 8.98. The van der Waals surface area contributed by atoms with Crippen molar-refractivity contribution in [2.45, 2.75) is 39.7 Å². The van der Waals surface area contributed by atoms with E-state index in [0.29, 0.717) is 29.1 Å². The molecule has 2 aliphatic heterocycles. The highest BCUT2D eigenvalue weighted by Gasteiger charge is 2.49. The van der Waals surface area contributed by atoms with Gasteiger partial charge in [-0.2, -0.15) is 4.76 Å². The largest absolute Gasteiger partial charge is 0.509 e. The number of nitrogens with zero attached hydrogens (tertiary/aromatic N) is 2. The van der Waals surface area contributed by atoms with E-state index in [-0.39, 0.29) is 28.5 Å². The Bertz CT molecular complexity index is 991. The van der Waals surface area contributed by atoms with Crippen molar-refractivity contribution >= 4 is 35.9 Å². The summed E-state index contributed by atoms with van der Waals surface area (Å²) in [6, 6.07) is 4.42. The molecule has 0 saturated heterocycles. The zero-order valence-electron chi connectivity index (χ0n) is 17.1. The Labute approximate surface area is 170 Å². The Morgan fingerprint density at radius 2 is 2.07 bits per heavy atom. The van der Waals surface area contributed by atoms with Crippen molar-refractivity contribution in [1.82, 2.24) is 4.90 Å². The van der Waals surface area contributed by atoms with Crippen LogP contribution in [0.2, 0.25) is 0 Å². The maximum absolute atomic E-state index is 13.4. The highest BCUT2D eigenvalue weighted by molar-refractivity contribution is 7.66. The normalized spacial score (nSPS) is 27.0. The molecule has 1 aromatic carbocycles. The number of nitrogen functional groups attached to an aromatic ring is 1. The predicted octanol–water partition coefficient (Wildman–Crippen LogP) is 3.04. The lowest BCUT2D eigenvalue weighted by atomic mass is 9.85. The van der Waals surface area contributed by atoms with Gasteiger partial charge in [0.15, 0.2) is 5.84 Å². The quantitative estimate of drug-likeness (QED) is 0.511. The van der Waals surface area contributed by atoms with Crippen LogP contribution >= 0.6 is 7.52 Å². The minimum Gasteiger partial charge on any atom is -0.509 e. The van der Waals surface area contributed by atoms with Crippen LogP contribution in [0.5, 0.6) is 0 Å². The predicted molar refractivity (Wildman–Crippen MR) is 113 cm³/mol. The summed E-state index contributed by atoms with van der Waals surface area (Å²) in [5, 5.41) is 14.5. The summed E-state index contributed by atoms with van der Waals surface area (Å²) in [5.41, 5.74) is 6.45. The Balaban J connectivity index is 1.80. The molecule has 2 atom stereocenters. The number of amides is 1. The summed E-state index contributed by atoms with van der Waals surface area (Å²) < 4.78 is 22.9. The molecule has 0 bridgehead atoms. The molecule has 1 aromatic rings. The SMILES string of the molecule is COP1(=O)N=C(C2=C(O)C(C(C)(C)C)N(CC3CC3)C2=O)Nc2ccc(N)cc21. The molecular weight excluding hydrogens is 391 g/mol. The summed E-state index contributed by atoms with van der Waals surface area (Å²) in [5.74, 6) is 0.187. The summed E-state index contributed by atoms with van der Waals surface area (Å²) in [6.45, 7) is 6.55. The molecule has 1 aliphatic carbocycles.